The number of ketones is 1. The largest absolute Gasteiger partial charge is 0.482 e. The van der Waals surface area contributed by atoms with E-state index in [0.29, 0.717) is 17.0 Å². The summed E-state index contributed by atoms with van der Waals surface area (Å²) < 4.78 is 32.6. The second-order valence-electron chi connectivity index (χ2n) is 5.24. The van der Waals surface area contributed by atoms with Crippen LogP contribution in [0.1, 0.15) is 17.3 Å². The number of ether oxygens (including phenoxy) is 1. The first kappa shape index (κ1) is 16.0. The fraction of sp³-hybridized carbons (Fsp3) is 0.125. The average molecular weight is 346 g/mol. The van der Waals surface area contributed by atoms with Crippen molar-refractivity contribution in [3.05, 3.63) is 48.0 Å². The van der Waals surface area contributed by atoms with Crippen molar-refractivity contribution in [1.29, 1.82) is 0 Å². The normalized spacial score (nSPS) is 13.5. The first-order valence-electron chi connectivity index (χ1n) is 7.06. The Kier molecular flexibility index (Phi) is 3.98. The van der Waals surface area contributed by atoms with Crippen molar-refractivity contribution < 1.29 is 22.7 Å². The highest BCUT2D eigenvalue weighted by Gasteiger charge is 2.19. The maximum absolute atomic E-state index is 12.5. The molecule has 7 nitrogen and oxygen atoms in total. The van der Waals surface area contributed by atoms with Crippen LogP contribution in [-0.2, 0) is 14.8 Å². The van der Waals surface area contributed by atoms with Gasteiger partial charge in [-0.3, -0.25) is 14.3 Å². The molecule has 0 bridgehead atoms. The Labute approximate surface area is 138 Å². The standard InChI is InChI=1S/C16H14N2O5S/c1-10(19)11-3-2-4-13(7-11)24(21,22)18-12-5-6-15-14(8-12)17-16(20)9-23-15/h2-8,18H,9H2,1H3,(H,17,20). The predicted molar refractivity (Wildman–Crippen MR) is 87.8 cm³/mol. The van der Waals surface area contributed by atoms with Gasteiger partial charge in [0.1, 0.15) is 5.75 Å². The molecule has 1 amide bonds. The number of carbonyl (C=O) groups is 2. The number of nitrogens with one attached hydrogen (secondary N) is 2. The minimum absolute atomic E-state index is 0.0202. The fourth-order valence-corrected chi connectivity index (χ4v) is 3.34. The second kappa shape index (κ2) is 5.97. The van der Waals surface area contributed by atoms with Gasteiger partial charge in [0.2, 0.25) is 0 Å². The summed E-state index contributed by atoms with van der Waals surface area (Å²) >= 11 is 0. The minimum Gasteiger partial charge on any atom is -0.482 e. The van der Waals surface area contributed by atoms with Crippen molar-refractivity contribution in [2.24, 2.45) is 0 Å². The maximum atomic E-state index is 12.5. The molecule has 0 unspecified atom stereocenters. The van der Waals surface area contributed by atoms with Gasteiger partial charge in [0.15, 0.2) is 12.4 Å². The Balaban J connectivity index is 1.90. The Morgan fingerprint density at radius 3 is 2.75 bits per heavy atom. The monoisotopic (exact) mass is 346 g/mol. The third-order valence-corrected chi connectivity index (χ3v) is 4.79. The quantitative estimate of drug-likeness (QED) is 0.825. The van der Waals surface area contributed by atoms with Crippen molar-refractivity contribution in [2.45, 2.75) is 11.8 Å². The molecule has 0 fully saturated rings. The number of fused-ring (bicyclic) bond motifs is 1. The molecule has 0 atom stereocenters. The summed E-state index contributed by atoms with van der Waals surface area (Å²) in [6.07, 6.45) is 0. The Hall–Kier alpha value is -2.87. The predicted octanol–water partition coefficient (Wildman–Crippen LogP) is 2.02. The Morgan fingerprint density at radius 2 is 2.00 bits per heavy atom. The van der Waals surface area contributed by atoms with E-state index in [2.05, 4.69) is 10.0 Å². The number of hydrogen-bond acceptors (Lipinski definition) is 5. The van der Waals surface area contributed by atoms with E-state index in [9.17, 15) is 18.0 Å². The molecule has 124 valence electrons. The third-order valence-electron chi connectivity index (χ3n) is 3.42. The smallest absolute Gasteiger partial charge is 0.262 e. The first-order chi connectivity index (χ1) is 11.3. The zero-order valence-corrected chi connectivity index (χ0v) is 13.5. The van der Waals surface area contributed by atoms with E-state index in [-0.39, 0.29) is 28.9 Å². The van der Waals surface area contributed by atoms with E-state index in [4.69, 9.17) is 4.74 Å². The highest BCUT2D eigenvalue weighted by Crippen LogP contribution is 2.31. The average Bonchev–Trinajstić information content (AvgIpc) is 2.54. The third kappa shape index (κ3) is 3.23. The van der Waals surface area contributed by atoms with E-state index in [1.807, 2.05) is 0 Å². The number of amides is 1. The molecule has 0 aromatic heterocycles. The van der Waals surface area contributed by atoms with Crippen LogP contribution in [0.2, 0.25) is 0 Å². The van der Waals surface area contributed by atoms with Crippen LogP contribution in [0.3, 0.4) is 0 Å². The van der Waals surface area contributed by atoms with Crippen molar-refractivity contribution in [3.63, 3.8) is 0 Å². The van der Waals surface area contributed by atoms with Crippen LogP contribution >= 0.6 is 0 Å². The van der Waals surface area contributed by atoms with Gasteiger partial charge in [-0.05, 0) is 37.3 Å². The fourth-order valence-electron chi connectivity index (χ4n) is 2.24. The summed E-state index contributed by atoms with van der Waals surface area (Å²) in [4.78, 5) is 22.7. The zero-order valence-electron chi connectivity index (χ0n) is 12.7. The molecule has 1 aliphatic heterocycles. The molecule has 0 spiro atoms. The van der Waals surface area contributed by atoms with Crippen LogP contribution in [0.15, 0.2) is 47.4 Å². The minimum atomic E-state index is -3.87. The zero-order chi connectivity index (χ0) is 17.3. The molecule has 0 radical (unpaired) electrons. The van der Waals surface area contributed by atoms with E-state index in [0.717, 1.165) is 0 Å². The van der Waals surface area contributed by atoms with Gasteiger partial charge in [0.05, 0.1) is 16.3 Å². The molecule has 8 heteroatoms. The van der Waals surface area contributed by atoms with Crippen LogP contribution in [0.25, 0.3) is 0 Å². The van der Waals surface area contributed by atoms with Gasteiger partial charge in [-0.2, -0.15) is 0 Å². The number of sulfonamides is 1. The van der Waals surface area contributed by atoms with Gasteiger partial charge >= 0.3 is 0 Å². The van der Waals surface area contributed by atoms with E-state index in [1.54, 1.807) is 12.1 Å². The summed E-state index contributed by atoms with van der Waals surface area (Å²) in [5.41, 5.74) is 0.973. The van der Waals surface area contributed by atoms with Crippen LogP contribution in [-0.4, -0.2) is 26.7 Å². The lowest BCUT2D eigenvalue weighted by Crippen LogP contribution is -2.25. The van der Waals surface area contributed by atoms with Crippen LogP contribution < -0.4 is 14.8 Å². The number of anilines is 2. The molecule has 24 heavy (non-hydrogen) atoms. The number of rotatable bonds is 4. The maximum Gasteiger partial charge on any atom is 0.262 e. The summed E-state index contributed by atoms with van der Waals surface area (Å²) in [5, 5.41) is 2.61. The SMILES string of the molecule is CC(=O)c1cccc(S(=O)(=O)Nc2ccc3c(c2)NC(=O)CO3)c1. The molecule has 0 aliphatic carbocycles. The van der Waals surface area contributed by atoms with Crippen molar-refractivity contribution >= 4 is 33.1 Å². The van der Waals surface area contributed by atoms with E-state index < -0.39 is 10.0 Å². The Morgan fingerprint density at radius 1 is 1.21 bits per heavy atom. The van der Waals surface area contributed by atoms with Crippen LogP contribution in [0.4, 0.5) is 11.4 Å². The molecule has 1 aliphatic rings. The van der Waals surface area contributed by atoms with Gasteiger partial charge in [-0.25, -0.2) is 8.42 Å². The molecule has 2 aromatic rings. The van der Waals surface area contributed by atoms with Gasteiger partial charge < -0.3 is 10.1 Å². The van der Waals surface area contributed by atoms with Gasteiger partial charge in [0.25, 0.3) is 15.9 Å². The van der Waals surface area contributed by atoms with Gasteiger partial charge in [0, 0.05) is 5.56 Å². The molecule has 2 N–H and O–H groups in total. The molecule has 0 saturated carbocycles. The lowest BCUT2D eigenvalue weighted by Gasteiger charge is -2.19. The second-order valence-corrected chi connectivity index (χ2v) is 6.92. The molecule has 2 aromatic carbocycles. The highest BCUT2D eigenvalue weighted by molar-refractivity contribution is 7.92. The lowest BCUT2D eigenvalue weighted by molar-refractivity contribution is -0.118. The van der Waals surface area contributed by atoms with Crippen LogP contribution in [0, 0.1) is 0 Å². The summed E-state index contributed by atoms with van der Waals surface area (Å²) in [7, 11) is -3.87. The van der Waals surface area contributed by atoms with Crippen molar-refractivity contribution in [2.75, 3.05) is 16.6 Å². The van der Waals surface area contributed by atoms with Crippen LogP contribution in [0.5, 0.6) is 5.75 Å². The van der Waals surface area contributed by atoms with Gasteiger partial charge in [-0.15, -0.1) is 0 Å². The van der Waals surface area contributed by atoms with E-state index >= 15 is 0 Å². The Bertz CT molecular complexity index is 937. The summed E-state index contributed by atoms with van der Waals surface area (Å²) in [5.74, 6) is -0.0616. The molecular weight excluding hydrogens is 332 g/mol. The van der Waals surface area contributed by atoms with Crippen molar-refractivity contribution in [3.8, 4) is 5.75 Å². The number of hydrogen-bond donors (Lipinski definition) is 2. The molecular formula is C16H14N2O5S. The van der Waals surface area contributed by atoms with E-state index in [1.165, 1.54) is 37.3 Å². The molecule has 1 heterocycles. The van der Waals surface area contributed by atoms with Gasteiger partial charge in [-0.1, -0.05) is 12.1 Å². The first-order valence-corrected chi connectivity index (χ1v) is 8.54. The highest BCUT2D eigenvalue weighted by atomic mass is 32.2. The molecule has 3 rings (SSSR count). The number of Topliss-reactive ketones (excluding diaryl/α,β-unsaturated/α-hetero) is 1. The summed E-state index contributed by atoms with van der Waals surface area (Å²) in [6.45, 7) is 1.29. The lowest BCUT2D eigenvalue weighted by atomic mass is 10.2. The summed E-state index contributed by atoms with van der Waals surface area (Å²) in [6, 6.07) is 10.3. The topological polar surface area (TPSA) is 102 Å². The number of benzene rings is 2. The molecule has 0 saturated heterocycles. The van der Waals surface area contributed by atoms with Crippen molar-refractivity contribution in [1.82, 2.24) is 0 Å². The number of carbonyl (C=O) groups excluding carboxylic acids is 2.